The quantitative estimate of drug-likeness (QED) is 0.505. The number of phenolic OH excluding ortho intramolecular Hbond substituents is 2. The minimum atomic E-state index is -0.0684. The van der Waals surface area contributed by atoms with Crippen LogP contribution in [0.15, 0.2) is 72.9 Å². The highest BCUT2D eigenvalue weighted by molar-refractivity contribution is 5.85. The molecule has 126 valence electrons. The molecule has 0 bridgehead atoms. The van der Waals surface area contributed by atoms with Gasteiger partial charge in [0.15, 0.2) is 11.5 Å². The van der Waals surface area contributed by atoms with E-state index in [1.54, 1.807) is 6.07 Å². The largest absolute Gasteiger partial charge is 0.504 e. The maximum Gasteiger partial charge on any atom is 0.161 e. The predicted molar refractivity (Wildman–Crippen MR) is 102 cm³/mol. The van der Waals surface area contributed by atoms with Crippen molar-refractivity contribution in [3.63, 3.8) is 0 Å². The first-order chi connectivity index (χ1) is 12.7. The number of fused-ring (bicyclic) bond motifs is 4. The lowest BCUT2D eigenvalue weighted by Gasteiger charge is -2.16. The van der Waals surface area contributed by atoms with Crippen molar-refractivity contribution in [2.75, 3.05) is 0 Å². The monoisotopic (exact) mass is 339 g/mol. The van der Waals surface area contributed by atoms with E-state index in [-0.39, 0.29) is 17.4 Å². The smallest absolute Gasteiger partial charge is 0.161 e. The van der Waals surface area contributed by atoms with E-state index in [1.165, 1.54) is 11.1 Å². The number of aromatic nitrogens is 1. The van der Waals surface area contributed by atoms with Crippen LogP contribution in [0, 0.1) is 0 Å². The summed E-state index contributed by atoms with van der Waals surface area (Å²) in [6, 6.07) is 21.8. The second-order valence-electron chi connectivity index (χ2n) is 6.73. The van der Waals surface area contributed by atoms with E-state index >= 15 is 0 Å². The minimum Gasteiger partial charge on any atom is -0.504 e. The van der Waals surface area contributed by atoms with Gasteiger partial charge in [0.25, 0.3) is 0 Å². The Hall–Kier alpha value is -3.33. The van der Waals surface area contributed by atoms with Crippen LogP contribution in [0.4, 0.5) is 0 Å². The number of hydrogen-bond acceptors (Lipinski definition) is 3. The van der Waals surface area contributed by atoms with Crippen molar-refractivity contribution in [2.24, 2.45) is 0 Å². The molecule has 4 aromatic rings. The first kappa shape index (κ1) is 15.0. The molecule has 3 nitrogen and oxygen atoms in total. The Morgan fingerprint density at radius 2 is 1.62 bits per heavy atom. The van der Waals surface area contributed by atoms with Gasteiger partial charge in [0.05, 0.1) is 5.52 Å². The van der Waals surface area contributed by atoms with Crippen LogP contribution in [0.25, 0.3) is 22.0 Å². The highest BCUT2D eigenvalue weighted by Crippen LogP contribution is 2.52. The molecule has 0 saturated carbocycles. The van der Waals surface area contributed by atoms with Crippen molar-refractivity contribution in [3.8, 4) is 22.6 Å². The molecule has 1 aliphatic rings. The van der Waals surface area contributed by atoms with Gasteiger partial charge >= 0.3 is 0 Å². The van der Waals surface area contributed by atoms with Gasteiger partial charge in [-0.2, -0.15) is 0 Å². The fraction of sp³-hybridized carbons (Fsp3) is 0.0870. The Kier molecular flexibility index (Phi) is 3.22. The SMILES string of the molecule is Oc1ccc2c(c1O)C(Cc1ccnc3ccccc13)c1ccccc1-2. The number of rotatable bonds is 2. The fourth-order valence-corrected chi connectivity index (χ4v) is 4.15. The van der Waals surface area contributed by atoms with E-state index in [0.29, 0.717) is 0 Å². The summed E-state index contributed by atoms with van der Waals surface area (Å²) >= 11 is 0. The molecule has 26 heavy (non-hydrogen) atoms. The van der Waals surface area contributed by atoms with E-state index < -0.39 is 0 Å². The number of benzene rings is 3. The van der Waals surface area contributed by atoms with Gasteiger partial charge in [-0.3, -0.25) is 4.98 Å². The summed E-state index contributed by atoms with van der Waals surface area (Å²) in [5, 5.41) is 21.8. The third kappa shape index (κ3) is 2.10. The maximum atomic E-state index is 10.6. The first-order valence-electron chi connectivity index (χ1n) is 8.71. The molecule has 1 heterocycles. The molecule has 0 saturated heterocycles. The molecule has 3 heteroatoms. The standard InChI is InChI=1S/C23H17NO2/c25-21-10-9-18-16-6-1-2-7-17(16)19(22(18)23(21)26)13-14-11-12-24-20-8-4-3-5-15(14)20/h1-12,19,25-26H,13H2. The molecular formula is C23H17NO2. The predicted octanol–water partition coefficient (Wildman–Crippen LogP) is 5.00. The molecule has 1 aliphatic carbocycles. The zero-order valence-corrected chi connectivity index (χ0v) is 14.1. The average Bonchev–Trinajstić information content (AvgIpc) is 2.99. The number of aromatic hydroxyl groups is 2. The lowest BCUT2D eigenvalue weighted by Crippen LogP contribution is -2.03. The van der Waals surface area contributed by atoms with Crippen LogP contribution < -0.4 is 0 Å². The van der Waals surface area contributed by atoms with E-state index in [9.17, 15) is 10.2 Å². The molecule has 0 radical (unpaired) electrons. The van der Waals surface area contributed by atoms with Gasteiger partial charge in [0.1, 0.15) is 0 Å². The average molecular weight is 339 g/mol. The Labute approximate surface area is 151 Å². The number of para-hydroxylation sites is 1. The molecule has 1 atom stereocenters. The Morgan fingerprint density at radius 1 is 0.808 bits per heavy atom. The highest BCUT2D eigenvalue weighted by atomic mass is 16.3. The number of hydrogen-bond donors (Lipinski definition) is 2. The van der Waals surface area contributed by atoms with Crippen LogP contribution in [0.3, 0.4) is 0 Å². The summed E-state index contributed by atoms with van der Waals surface area (Å²) in [7, 11) is 0. The van der Waals surface area contributed by atoms with Crippen LogP contribution in [0.2, 0.25) is 0 Å². The molecule has 1 aromatic heterocycles. The summed E-state index contributed by atoms with van der Waals surface area (Å²) in [6.07, 6.45) is 2.58. The van der Waals surface area contributed by atoms with Crippen LogP contribution in [0.1, 0.15) is 22.6 Å². The Balaban J connectivity index is 1.71. The lowest BCUT2D eigenvalue weighted by atomic mass is 9.88. The van der Waals surface area contributed by atoms with Gasteiger partial charge in [-0.05, 0) is 46.9 Å². The lowest BCUT2D eigenvalue weighted by molar-refractivity contribution is 0.398. The Bertz CT molecular complexity index is 1140. The number of pyridine rings is 1. The van der Waals surface area contributed by atoms with Crippen LogP contribution in [-0.4, -0.2) is 15.2 Å². The molecule has 0 spiro atoms. The van der Waals surface area contributed by atoms with Gasteiger partial charge < -0.3 is 10.2 Å². The van der Waals surface area contributed by atoms with E-state index in [4.69, 9.17) is 0 Å². The van der Waals surface area contributed by atoms with Crippen molar-refractivity contribution in [2.45, 2.75) is 12.3 Å². The van der Waals surface area contributed by atoms with Gasteiger partial charge in [0.2, 0.25) is 0 Å². The van der Waals surface area contributed by atoms with Crippen LogP contribution >= 0.6 is 0 Å². The summed E-state index contributed by atoms with van der Waals surface area (Å²) < 4.78 is 0. The van der Waals surface area contributed by atoms with Crippen molar-refractivity contribution < 1.29 is 10.2 Å². The van der Waals surface area contributed by atoms with Crippen LogP contribution in [0.5, 0.6) is 11.5 Å². The second-order valence-corrected chi connectivity index (χ2v) is 6.73. The van der Waals surface area contributed by atoms with Gasteiger partial charge in [-0.1, -0.05) is 48.5 Å². The topological polar surface area (TPSA) is 53.4 Å². The van der Waals surface area contributed by atoms with Crippen molar-refractivity contribution in [1.82, 2.24) is 4.98 Å². The molecule has 0 amide bonds. The summed E-state index contributed by atoms with van der Waals surface area (Å²) in [6.45, 7) is 0. The second kappa shape index (κ2) is 5.60. The molecule has 0 fully saturated rings. The summed E-state index contributed by atoms with van der Waals surface area (Å²) in [4.78, 5) is 4.45. The third-order valence-corrected chi connectivity index (χ3v) is 5.33. The molecule has 3 aromatic carbocycles. The normalized spacial score (nSPS) is 15.0. The van der Waals surface area contributed by atoms with Gasteiger partial charge in [0, 0.05) is 23.1 Å². The third-order valence-electron chi connectivity index (χ3n) is 5.33. The fourth-order valence-electron chi connectivity index (χ4n) is 4.15. The molecular weight excluding hydrogens is 322 g/mol. The molecule has 2 N–H and O–H groups in total. The van der Waals surface area contributed by atoms with Crippen molar-refractivity contribution in [1.29, 1.82) is 0 Å². The van der Waals surface area contributed by atoms with Gasteiger partial charge in [-0.25, -0.2) is 0 Å². The Morgan fingerprint density at radius 3 is 2.54 bits per heavy atom. The summed E-state index contributed by atoms with van der Waals surface area (Å²) in [5.41, 5.74) is 6.28. The maximum absolute atomic E-state index is 10.6. The molecule has 5 rings (SSSR count). The highest BCUT2D eigenvalue weighted by Gasteiger charge is 2.32. The van der Waals surface area contributed by atoms with Gasteiger partial charge in [-0.15, -0.1) is 0 Å². The number of nitrogens with zero attached hydrogens (tertiary/aromatic N) is 1. The zero-order chi connectivity index (χ0) is 17.7. The molecule has 1 unspecified atom stereocenters. The minimum absolute atomic E-state index is 0.000828. The van der Waals surface area contributed by atoms with Crippen LogP contribution in [-0.2, 0) is 6.42 Å². The zero-order valence-electron chi connectivity index (χ0n) is 14.1. The van der Waals surface area contributed by atoms with E-state index in [2.05, 4.69) is 23.2 Å². The number of phenols is 2. The van der Waals surface area contributed by atoms with E-state index in [0.717, 1.165) is 34.0 Å². The van der Waals surface area contributed by atoms with E-state index in [1.807, 2.05) is 48.7 Å². The summed E-state index contributed by atoms with van der Waals surface area (Å²) in [5.74, 6) is -0.0812. The van der Waals surface area contributed by atoms with Crippen molar-refractivity contribution >= 4 is 10.9 Å². The van der Waals surface area contributed by atoms with Crippen molar-refractivity contribution in [3.05, 3.63) is 89.6 Å². The molecule has 0 aliphatic heterocycles. The first-order valence-corrected chi connectivity index (χ1v) is 8.71.